The maximum Gasteiger partial charge on any atom is 0.123 e. The number of nitrogens with zero attached hydrogens (tertiary/aromatic N) is 2. The van der Waals surface area contributed by atoms with Crippen LogP contribution in [0.25, 0.3) is 0 Å². The monoisotopic (exact) mass is 265 g/mol. The van der Waals surface area contributed by atoms with Crippen molar-refractivity contribution in [3.05, 3.63) is 47.0 Å². The number of aromatic nitrogens is 2. The van der Waals surface area contributed by atoms with Gasteiger partial charge in [-0.1, -0.05) is 13.0 Å². The predicted octanol–water partition coefficient (Wildman–Crippen LogP) is 2.88. The van der Waals surface area contributed by atoms with Crippen molar-refractivity contribution in [2.45, 2.75) is 26.3 Å². The summed E-state index contributed by atoms with van der Waals surface area (Å²) < 4.78 is 21.6. The summed E-state index contributed by atoms with van der Waals surface area (Å²) in [5.74, 6) is -0.192. The zero-order valence-corrected chi connectivity index (χ0v) is 11.3. The molecule has 0 radical (unpaired) electrons. The van der Waals surface area contributed by atoms with Gasteiger partial charge in [-0.15, -0.1) is 0 Å². The Hall–Kier alpha value is -1.33. The van der Waals surface area contributed by atoms with E-state index in [0.29, 0.717) is 0 Å². The standard InChI is InChI=1S/C13H16FN3S/c1-3-15-12(13-8-16-18-17-13)7-10-6-11(14)5-4-9(10)2/h4-6,8,12,15H,3,7H2,1-2H3. The molecular weight excluding hydrogens is 249 g/mol. The van der Waals surface area contributed by atoms with E-state index in [4.69, 9.17) is 0 Å². The third-order valence-corrected chi connectivity index (χ3v) is 3.41. The largest absolute Gasteiger partial charge is 0.309 e. The van der Waals surface area contributed by atoms with Gasteiger partial charge >= 0.3 is 0 Å². The Bertz CT molecular complexity index is 499. The van der Waals surface area contributed by atoms with Gasteiger partial charge in [0.15, 0.2) is 0 Å². The van der Waals surface area contributed by atoms with Crippen LogP contribution in [0.3, 0.4) is 0 Å². The Morgan fingerprint density at radius 3 is 2.94 bits per heavy atom. The lowest BCUT2D eigenvalue weighted by atomic mass is 9.99. The molecule has 0 aliphatic rings. The average Bonchev–Trinajstić information content (AvgIpc) is 2.87. The van der Waals surface area contributed by atoms with Gasteiger partial charge in [0, 0.05) is 0 Å². The minimum Gasteiger partial charge on any atom is -0.309 e. The number of hydrogen-bond donors (Lipinski definition) is 1. The molecule has 2 aromatic rings. The molecule has 1 aromatic heterocycles. The van der Waals surface area contributed by atoms with Crippen molar-refractivity contribution in [3.63, 3.8) is 0 Å². The first-order valence-corrected chi connectivity index (χ1v) is 6.69. The van der Waals surface area contributed by atoms with Gasteiger partial charge in [-0.3, -0.25) is 0 Å². The zero-order valence-electron chi connectivity index (χ0n) is 10.5. The molecule has 1 N–H and O–H groups in total. The maximum absolute atomic E-state index is 13.3. The second-order valence-electron chi connectivity index (χ2n) is 4.22. The molecule has 18 heavy (non-hydrogen) atoms. The van der Waals surface area contributed by atoms with Crippen molar-refractivity contribution in [1.29, 1.82) is 0 Å². The number of hydrogen-bond acceptors (Lipinski definition) is 4. The molecule has 1 aromatic carbocycles. The Balaban J connectivity index is 2.21. The van der Waals surface area contributed by atoms with Gasteiger partial charge in [0.2, 0.25) is 0 Å². The van der Waals surface area contributed by atoms with E-state index in [9.17, 15) is 4.39 Å². The molecule has 96 valence electrons. The van der Waals surface area contributed by atoms with Crippen LogP contribution in [0, 0.1) is 12.7 Å². The fraction of sp³-hybridized carbons (Fsp3) is 0.385. The molecule has 0 spiro atoms. The van der Waals surface area contributed by atoms with Crippen LogP contribution in [0.2, 0.25) is 0 Å². The van der Waals surface area contributed by atoms with Gasteiger partial charge in [-0.05, 0) is 43.1 Å². The summed E-state index contributed by atoms with van der Waals surface area (Å²) in [7, 11) is 0. The van der Waals surface area contributed by atoms with Crippen molar-refractivity contribution in [2.75, 3.05) is 6.54 Å². The van der Waals surface area contributed by atoms with Crippen molar-refractivity contribution < 1.29 is 4.39 Å². The van der Waals surface area contributed by atoms with Gasteiger partial charge in [0.05, 0.1) is 29.7 Å². The van der Waals surface area contributed by atoms with Crippen molar-refractivity contribution >= 4 is 11.7 Å². The van der Waals surface area contributed by atoms with E-state index in [2.05, 4.69) is 14.1 Å². The van der Waals surface area contributed by atoms with Gasteiger partial charge in [0.1, 0.15) is 5.82 Å². The quantitative estimate of drug-likeness (QED) is 0.903. The Labute approximate surface area is 110 Å². The highest BCUT2D eigenvalue weighted by atomic mass is 32.1. The molecule has 2 rings (SSSR count). The molecular formula is C13H16FN3S. The van der Waals surface area contributed by atoms with E-state index < -0.39 is 0 Å². The summed E-state index contributed by atoms with van der Waals surface area (Å²) >= 11 is 1.20. The molecule has 1 atom stereocenters. The van der Waals surface area contributed by atoms with Crippen LogP contribution < -0.4 is 5.32 Å². The van der Waals surface area contributed by atoms with Crippen LogP contribution in [-0.2, 0) is 6.42 Å². The fourth-order valence-corrected chi connectivity index (χ4v) is 2.40. The third kappa shape index (κ3) is 3.11. The minimum absolute atomic E-state index is 0.0919. The molecule has 0 saturated heterocycles. The third-order valence-electron chi connectivity index (χ3n) is 2.92. The summed E-state index contributed by atoms with van der Waals surface area (Å²) in [6, 6.07) is 4.99. The Morgan fingerprint density at radius 1 is 1.44 bits per heavy atom. The van der Waals surface area contributed by atoms with Gasteiger partial charge in [0.25, 0.3) is 0 Å². The first kappa shape index (κ1) is 13.1. The predicted molar refractivity (Wildman–Crippen MR) is 71.2 cm³/mol. The summed E-state index contributed by atoms with van der Waals surface area (Å²) in [6.07, 6.45) is 2.50. The van der Waals surface area contributed by atoms with Crippen molar-refractivity contribution in [3.8, 4) is 0 Å². The van der Waals surface area contributed by atoms with Crippen LogP contribution in [0.1, 0.15) is 29.8 Å². The second kappa shape index (κ2) is 6.02. The van der Waals surface area contributed by atoms with Crippen LogP contribution in [-0.4, -0.2) is 15.3 Å². The normalized spacial score (nSPS) is 12.6. The molecule has 0 bridgehead atoms. The van der Waals surface area contributed by atoms with E-state index in [0.717, 1.165) is 29.8 Å². The molecule has 0 aliphatic carbocycles. The van der Waals surface area contributed by atoms with E-state index in [1.807, 2.05) is 19.9 Å². The molecule has 1 heterocycles. The van der Waals surface area contributed by atoms with Gasteiger partial charge in [-0.2, -0.15) is 8.75 Å². The van der Waals surface area contributed by atoms with Gasteiger partial charge < -0.3 is 5.32 Å². The van der Waals surface area contributed by atoms with Crippen LogP contribution >= 0.6 is 11.7 Å². The number of halogens is 1. The SMILES string of the molecule is CCNC(Cc1cc(F)ccc1C)c1cnsn1. The van der Waals surface area contributed by atoms with Crippen LogP contribution in [0.5, 0.6) is 0 Å². The van der Waals surface area contributed by atoms with E-state index >= 15 is 0 Å². The highest BCUT2D eigenvalue weighted by molar-refractivity contribution is 6.99. The highest BCUT2D eigenvalue weighted by Crippen LogP contribution is 2.20. The Morgan fingerprint density at radius 2 is 2.28 bits per heavy atom. The number of nitrogens with one attached hydrogen (secondary N) is 1. The average molecular weight is 265 g/mol. The highest BCUT2D eigenvalue weighted by Gasteiger charge is 2.15. The van der Waals surface area contributed by atoms with Crippen molar-refractivity contribution in [1.82, 2.24) is 14.1 Å². The summed E-state index contributed by atoms with van der Waals surface area (Å²) in [6.45, 7) is 4.89. The lowest BCUT2D eigenvalue weighted by Crippen LogP contribution is -2.23. The van der Waals surface area contributed by atoms with E-state index in [-0.39, 0.29) is 11.9 Å². The molecule has 0 aliphatic heterocycles. The van der Waals surface area contributed by atoms with Crippen LogP contribution in [0.15, 0.2) is 24.4 Å². The lowest BCUT2D eigenvalue weighted by molar-refractivity contribution is 0.536. The molecule has 0 fully saturated rings. The molecule has 0 amide bonds. The van der Waals surface area contributed by atoms with Gasteiger partial charge in [-0.25, -0.2) is 4.39 Å². The lowest BCUT2D eigenvalue weighted by Gasteiger charge is -2.16. The minimum atomic E-state index is -0.192. The van der Waals surface area contributed by atoms with Crippen molar-refractivity contribution in [2.24, 2.45) is 0 Å². The second-order valence-corrected chi connectivity index (χ2v) is 4.77. The zero-order chi connectivity index (χ0) is 13.0. The summed E-state index contributed by atoms with van der Waals surface area (Å²) in [4.78, 5) is 0. The number of likely N-dealkylation sites (N-methyl/N-ethyl adjacent to an activating group) is 1. The van der Waals surface area contributed by atoms with E-state index in [1.165, 1.54) is 17.8 Å². The molecule has 3 nitrogen and oxygen atoms in total. The molecule has 1 unspecified atom stereocenters. The number of rotatable bonds is 5. The summed E-state index contributed by atoms with van der Waals surface area (Å²) in [5.41, 5.74) is 3.03. The number of aryl methyl sites for hydroxylation is 1. The first-order chi connectivity index (χ1) is 8.70. The Kier molecular flexibility index (Phi) is 4.38. The number of benzene rings is 1. The molecule has 5 heteroatoms. The topological polar surface area (TPSA) is 37.8 Å². The first-order valence-electron chi connectivity index (χ1n) is 5.96. The van der Waals surface area contributed by atoms with E-state index in [1.54, 1.807) is 12.3 Å². The maximum atomic E-state index is 13.3. The smallest absolute Gasteiger partial charge is 0.123 e. The summed E-state index contributed by atoms with van der Waals surface area (Å²) in [5, 5.41) is 3.36. The molecule has 0 saturated carbocycles. The fourth-order valence-electron chi connectivity index (χ4n) is 1.93. The van der Waals surface area contributed by atoms with Crippen LogP contribution in [0.4, 0.5) is 4.39 Å².